The van der Waals surface area contributed by atoms with Gasteiger partial charge in [-0.1, -0.05) is 42.5 Å². The molecule has 142 valence electrons. The largest absolute Gasteiger partial charge is 0.326 e. The molecule has 3 rings (SSSR count). The van der Waals surface area contributed by atoms with Gasteiger partial charge in [-0.15, -0.1) is 0 Å². The van der Waals surface area contributed by atoms with E-state index in [1.165, 1.54) is 16.4 Å². The lowest BCUT2D eigenvalue weighted by Gasteiger charge is -2.19. The smallest absolute Gasteiger partial charge is 0.243 e. The molecule has 0 saturated carbocycles. The molecule has 27 heavy (non-hydrogen) atoms. The van der Waals surface area contributed by atoms with E-state index in [9.17, 15) is 13.2 Å². The summed E-state index contributed by atoms with van der Waals surface area (Å²) >= 11 is 0. The van der Waals surface area contributed by atoms with Crippen LogP contribution in [0.15, 0.2) is 71.6 Å². The Bertz CT molecular complexity index is 906. The fourth-order valence-electron chi connectivity index (χ4n) is 3.09. The van der Waals surface area contributed by atoms with E-state index in [2.05, 4.69) is 11.4 Å². The molecule has 0 spiro atoms. The number of amides is 1. The molecule has 1 N–H and O–H groups in total. The van der Waals surface area contributed by atoms with Crippen LogP contribution in [0.1, 0.15) is 24.8 Å². The van der Waals surface area contributed by atoms with Crippen molar-refractivity contribution in [2.45, 2.75) is 30.7 Å². The quantitative estimate of drug-likeness (QED) is 0.771. The summed E-state index contributed by atoms with van der Waals surface area (Å²) in [6.07, 6.45) is 6.64. The average molecular weight is 385 g/mol. The Morgan fingerprint density at radius 2 is 1.78 bits per heavy atom. The maximum absolute atomic E-state index is 12.7. The lowest BCUT2D eigenvalue weighted by atomic mass is 9.93. The van der Waals surface area contributed by atoms with Crippen molar-refractivity contribution in [3.8, 4) is 0 Å². The molecule has 1 amide bonds. The summed E-state index contributed by atoms with van der Waals surface area (Å²) in [4.78, 5) is 12.5. The van der Waals surface area contributed by atoms with Crippen molar-refractivity contribution < 1.29 is 13.2 Å². The van der Waals surface area contributed by atoms with Crippen LogP contribution in [0.3, 0.4) is 0 Å². The lowest BCUT2D eigenvalue weighted by Crippen LogP contribution is -2.26. The summed E-state index contributed by atoms with van der Waals surface area (Å²) in [5, 5.41) is 2.88. The zero-order valence-corrected chi connectivity index (χ0v) is 16.2. The Hall–Kier alpha value is -2.44. The summed E-state index contributed by atoms with van der Waals surface area (Å²) < 4.78 is 26.8. The first-order valence-electron chi connectivity index (χ1n) is 9.03. The number of anilines is 1. The van der Waals surface area contributed by atoms with Gasteiger partial charge in [0.05, 0.1) is 4.90 Å². The number of hydrogen-bond acceptors (Lipinski definition) is 3. The van der Waals surface area contributed by atoms with E-state index in [-0.39, 0.29) is 16.7 Å². The Kier molecular flexibility index (Phi) is 6.08. The van der Waals surface area contributed by atoms with Gasteiger partial charge in [0.25, 0.3) is 0 Å². The summed E-state index contributed by atoms with van der Waals surface area (Å²) in [7, 11) is -2.03. The summed E-state index contributed by atoms with van der Waals surface area (Å²) in [5.74, 6) is -0.0356. The number of benzene rings is 2. The highest BCUT2D eigenvalue weighted by Crippen LogP contribution is 2.22. The second-order valence-corrected chi connectivity index (χ2v) is 8.79. The summed E-state index contributed by atoms with van der Waals surface area (Å²) in [6.45, 7) is 0.302. The number of rotatable bonds is 6. The van der Waals surface area contributed by atoms with Gasteiger partial charge in [-0.2, -0.15) is 4.31 Å². The zero-order chi connectivity index (χ0) is 19.3. The van der Waals surface area contributed by atoms with Crippen LogP contribution >= 0.6 is 0 Å². The van der Waals surface area contributed by atoms with Crippen LogP contribution in [0, 0.1) is 5.92 Å². The number of hydrogen-bond donors (Lipinski definition) is 1. The molecule has 0 heterocycles. The van der Waals surface area contributed by atoms with Crippen LogP contribution in [0.5, 0.6) is 0 Å². The lowest BCUT2D eigenvalue weighted by molar-refractivity contribution is -0.120. The molecule has 2 aromatic carbocycles. The highest BCUT2D eigenvalue weighted by atomic mass is 32.2. The summed E-state index contributed by atoms with van der Waals surface area (Å²) in [5.41, 5.74) is 1.54. The Labute approximate surface area is 160 Å². The zero-order valence-electron chi connectivity index (χ0n) is 15.3. The standard InChI is InChI=1S/C21H24N2O3S/c1-23(16-17-8-4-2-5-9-17)27(25,26)20-14-12-19(13-15-20)22-21(24)18-10-6-3-7-11-18/h2-6,8-9,12-15,18H,7,10-11,16H2,1H3,(H,22,24)/t18-/m0/s1. The van der Waals surface area contributed by atoms with Gasteiger partial charge in [-0.3, -0.25) is 4.79 Å². The van der Waals surface area contributed by atoms with Crippen LogP contribution in [0.4, 0.5) is 5.69 Å². The summed E-state index contributed by atoms with van der Waals surface area (Å²) in [6, 6.07) is 15.8. The van der Waals surface area contributed by atoms with Crippen molar-refractivity contribution in [2.75, 3.05) is 12.4 Å². The van der Waals surface area contributed by atoms with Crippen molar-refractivity contribution in [1.29, 1.82) is 0 Å². The first-order valence-corrected chi connectivity index (χ1v) is 10.5. The topological polar surface area (TPSA) is 66.5 Å². The van der Waals surface area contributed by atoms with E-state index in [1.807, 2.05) is 36.4 Å². The van der Waals surface area contributed by atoms with E-state index >= 15 is 0 Å². The highest BCUT2D eigenvalue weighted by molar-refractivity contribution is 7.89. The minimum Gasteiger partial charge on any atom is -0.326 e. The molecule has 0 unspecified atom stereocenters. The van der Waals surface area contributed by atoms with Gasteiger partial charge in [-0.05, 0) is 49.1 Å². The van der Waals surface area contributed by atoms with Crippen molar-refractivity contribution in [3.63, 3.8) is 0 Å². The number of nitrogens with zero attached hydrogens (tertiary/aromatic N) is 1. The van der Waals surface area contributed by atoms with Crippen molar-refractivity contribution in [1.82, 2.24) is 4.31 Å². The Morgan fingerprint density at radius 1 is 1.07 bits per heavy atom. The second-order valence-electron chi connectivity index (χ2n) is 6.74. The van der Waals surface area contributed by atoms with Crippen molar-refractivity contribution in [2.24, 2.45) is 5.92 Å². The minimum atomic E-state index is -3.59. The third-order valence-electron chi connectivity index (χ3n) is 4.72. The normalized spacial score (nSPS) is 17.0. The van der Waals surface area contributed by atoms with Gasteiger partial charge in [-0.25, -0.2) is 8.42 Å². The molecular formula is C21H24N2O3S. The van der Waals surface area contributed by atoms with Gasteiger partial charge in [0, 0.05) is 25.2 Å². The number of carbonyl (C=O) groups excluding carboxylic acids is 1. The van der Waals surface area contributed by atoms with E-state index < -0.39 is 10.0 Å². The van der Waals surface area contributed by atoms with E-state index in [4.69, 9.17) is 0 Å². The number of carbonyl (C=O) groups is 1. The molecule has 1 aliphatic rings. The third-order valence-corrected chi connectivity index (χ3v) is 6.54. The maximum atomic E-state index is 12.7. The van der Waals surface area contributed by atoms with Crippen LogP contribution in [-0.4, -0.2) is 25.7 Å². The van der Waals surface area contributed by atoms with Crippen molar-refractivity contribution in [3.05, 3.63) is 72.3 Å². The molecule has 1 aliphatic carbocycles. The Morgan fingerprint density at radius 3 is 2.41 bits per heavy atom. The third kappa shape index (κ3) is 4.84. The monoisotopic (exact) mass is 384 g/mol. The molecule has 0 aliphatic heterocycles. The fraction of sp³-hybridized carbons (Fsp3) is 0.286. The highest BCUT2D eigenvalue weighted by Gasteiger charge is 2.22. The van der Waals surface area contributed by atoms with E-state index in [1.54, 1.807) is 19.2 Å². The second kappa shape index (κ2) is 8.50. The molecule has 0 bridgehead atoms. The number of sulfonamides is 1. The van der Waals surface area contributed by atoms with Gasteiger partial charge in [0.15, 0.2) is 0 Å². The van der Waals surface area contributed by atoms with Crippen molar-refractivity contribution >= 4 is 21.6 Å². The minimum absolute atomic E-state index is 0.0175. The van der Waals surface area contributed by atoms with Gasteiger partial charge < -0.3 is 5.32 Å². The number of nitrogens with one attached hydrogen (secondary N) is 1. The molecule has 5 nitrogen and oxygen atoms in total. The Balaban J connectivity index is 1.66. The molecule has 1 atom stereocenters. The number of allylic oxidation sites excluding steroid dienone is 2. The molecule has 0 aromatic heterocycles. The van der Waals surface area contributed by atoms with Gasteiger partial charge in [0.1, 0.15) is 0 Å². The molecule has 0 radical (unpaired) electrons. The predicted octanol–water partition coefficient (Wildman–Crippen LogP) is 3.80. The van der Waals surface area contributed by atoms with Crippen LogP contribution in [0.2, 0.25) is 0 Å². The van der Waals surface area contributed by atoms with E-state index in [0.717, 1.165) is 24.8 Å². The average Bonchev–Trinajstić information content (AvgIpc) is 2.70. The van der Waals surface area contributed by atoms with Gasteiger partial charge in [0.2, 0.25) is 15.9 Å². The molecule has 0 saturated heterocycles. The molecule has 6 heteroatoms. The predicted molar refractivity (Wildman–Crippen MR) is 107 cm³/mol. The first-order chi connectivity index (χ1) is 13.0. The first kappa shape index (κ1) is 19.3. The molecular weight excluding hydrogens is 360 g/mol. The molecule has 2 aromatic rings. The van der Waals surface area contributed by atoms with Crippen LogP contribution in [-0.2, 0) is 21.4 Å². The maximum Gasteiger partial charge on any atom is 0.243 e. The van der Waals surface area contributed by atoms with Crippen LogP contribution < -0.4 is 5.32 Å². The fourth-order valence-corrected chi connectivity index (χ4v) is 4.25. The SMILES string of the molecule is CN(Cc1ccccc1)S(=O)(=O)c1ccc(NC(=O)[C@H]2CC=CCC2)cc1. The van der Waals surface area contributed by atoms with Crippen LogP contribution in [0.25, 0.3) is 0 Å². The molecule has 0 fully saturated rings. The van der Waals surface area contributed by atoms with Gasteiger partial charge >= 0.3 is 0 Å². The van der Waals surface area contributed by atoms with E-state index in [0.29, 0.717) is 12.2 Å².